The van der Waals surface area contributed by atoms with E-state index < -0.39 is 0 Å². The lowest BCUT2D eigenvalue weighted by atomic mass is 9.98. The first-order chi connectivity index (χ1) is 11.5. The van der Waals surface area contributed by atoms with E-state index in [2.05, 4.69) is 10.1 Å². The van der Waals surface area contributed by atoms with Crippen LogP contribution >= 0.6 is 0 Å². The van der Waals surface area contributed by atoms with Gasteiger partial charge in [0.25, 0.3) is 5.91 Å². The summed E-state index contributed by atoms with van der Waals surface area (Å²) in [4.78, 5) is 32.4. The Hall–Kier alpha value is -2.44. The molecule has 2 aromatic rings. The number of rotatable bonds is 3. The first-order valence-corrected chi connectivity index (χ1v) is 8.38. The highest BCUT2D eigenvalue weighted by Gasteiger charge is 2.29. The van der Waals surface area contributed by atoms with Gasteiger partial charge in [-0.25, -0.2) is 9.50 Å². The zero-order chi connectivity index (χ0) is 17.3. The van der Waals surface area contributed by atoms with Crippen molar-refractivity contribution >= 4 is 17.5 Å². The molecule has 7 nitrogen and oxygen atoms in total. The average molecular weight is 329 g/mol. The first-order valence-electron chi connectivity index (χ1n) is 8.38. The summed E-state index contributed by atoms with van der Waals surface area (Å²) in [5.74, 6) is 0.0289. The van der Waals surface area contributed by atoms with Crippen molar-refractivity contribution in [1.29, 1.82) is 0 Å². The first kappa shape index (κ1) is 16.4. The molecule has 7 heteroatoms. The second kappa shape index (κ2) is 6.59. The van der Waals surface area contributed by atoms with Crippen molar-refractivity contribution < 1.29 is 9.59 Å². The molecule has 0 aromatic carbocycles. The molecule has 1 fully saturated rings. The molecule has 0 spiro atoms. The molecule has 1 aliphatic heterocycles. The van der Waals surface area contributed by atoms with E-state index in [1.165, 1.54) is 4.90 Å². The van der Waals surface area contributed by atoms with Gasteiger partial charge in [0.15, 0.2) is 5.65 Å². The number of nitrogens with zero attached hydrogens (tertiary/aromatic N) is 5. The van der Waals surface area contributed by atoms with Gasteiger partial charge in [0.05, 0.1) is 17.9 Å². The molecule has 3 heterocycles. The Balaban J connectivity index is 2.06. The third kappa shape index (κ3) is 2.74. The standard InChI is InChI=1S/C17H23N5O2/c1-4-15(23)21-10-6-5-7-13(21)14-8-9-18-16-12(11-19-22(14)16)17(24)20(2)3/h8-9,11,13H,4-7,10H2,1-3H3/t13-/m1/s1. The summed E-state index contributed by atoms with van der Waals surface area (Å²) in [7, 11) is 3.41. The molecule has 0 bridgehead atoms. The number of likely N-dealkylation sites (tertiary alicyclic amines) is 1. The molecule has 0 unspecified atom stereocenters. The molecule has 0 N–H and O–H groups in total. The van der Waals surface area contributed by atoms with E-state index in [0.29, 0.717) is 17.6 Å². The minimum absolute atomic E-state index is 0.0149. The van der Waals surface area contributed by atoms with Crippen molar-refractivity contribution in [3.05, 3.63) is 29.7 Å². The SMILES string of the molecule is CCC(=O)N1CCCC[C@@H]1c1ccnc2c(C(=O)N(C)C)cnn12. The molecule has 0 saturated carbocycles. The number of carbonyl (C=O) groups excluding carboxylic acids is 2. The van der Waals surface area contributed by atoms with Gasteiger partial charge < -0.3 is 9.80 Å². The molecule has 3 rings (SSSR count). The van der Waals surface area contributed by atoms with Crippen molar-refractivity contribution in [3.63, 3.8) is 0 Å². The highest BCUT2D eigenvalue weighted by atomic mass is 16.2. The minimum Gasteiger partial charge on any atom is -0.345 e. The van der Waals surface area contributed by atoms with Crippen LogP contribution in [0.25, 0.3) is 5.65 Å². The van der Waals surface area contributed by atoms with E-state index in [1.807, 2.05) is 17.9 Å². The predicted molar refractivity (Wildman–Crippen MR) is 89.6 cm³/mol. The Morgan fingerprint density at radius 3 is 2.83 bits per heavy atom. The van der Waals surface area contributed by atoms with Crippen molar-refractivity contribution in [3.8, 4) is 0 Å². The monoisotopic (exact) mass is 329 g/mol. The summed E-state index contributed by atoms with van der Waals surface area (Å²) >= 11 is 0. The number of fused-ring (bicyclic) bond motifs is 1. The Bertz CT molecular complexity index is 767. The van der Waals surface area contributed by atoms with Crippen LogP contribution in [0.5, 0.6) is 0 Å². The largest absolute Gasteiger partial charge is 0.345 e. The van der Waals surface area contributed by atoms with Gasteiger partial charge in [-0.15, -0.1) is 0 Å². The fraction of sp³-hybridized carbons (Fsp3) is 0.529. The third-order valence-corrected chi connectivity index (χ3v) is 4.53. The Morgan fingerprint density at radius 2 is 2.12 bits per heavy atom. The van der Waals surface area contributed by atoms with Gasteiger partial charge in [0.1, 0.15) is 5.56 Å². The van der Waals surface area contributed by atoms with Crippen molar-refractivity contribution in [2.45, 2.75) is 38.6 Å². The molecular weight excluding hydrogens is 306 g/mol. The molecule has 2 aromatic heterocycles. The van der Waals surface area contributed by atoms with Crippen LogP contribution in [0.1, 0.15) is 54.7 Å². The van der Waals surface area contributed by atoms with Gasteiger partial charge in [-0.3, -0.25) is 9.59 Å². The van der Waals surface area contributed by atoms with Gasteiger partial charge >= 0.3 is 0 Å². The van der Waals surface area contributed by atoms with E-state index in [1.54, 1.807) is 31.0 Å². The number of hydrogen-bond acceptors (Lipinski definition) is 4. The van der Waals surface area contributed by atoms with Gasteiger partial charge in [-0.1, -0.05) is 6.92 Å². The summed E-state index contributed by atoms with van der Waals surface area (Å²) in [5.41, 5.74) is 1.94. The summed E-state index contributed by atoms with van der Waals surface area (Å²) in [5, 5.41) is 4.39. The highest BCUT2D eigenvalue weighted by molar-refractivity contribution is 5.99. The molecule has 1 atom stereocenters. The topological polar surface area (TPSA) is 70.8 Å². The zero-order valence-electron chi connectivity index (χ0n) is 14.4. The molecule has 2 amide bonds. The predicted octanol–water partition coefficient (Wildman–Crippen LogP) is 1.89. The second-order valence-corrected chi connectivity index (χ2v) is 6.32. The molecule has 24 heavy (non-hydrogen) atoms. The number of carbonyl (C=O) groups is 2. The quantitative estimate of drug-likeness (QED) is 0.862. The van der Waals surface area contributed by atoms with Crippen LogP contribution in [0.4, 0.5) is 0 Å². The van der Waals surface area contributed by atoms with Gasteiger partial charge in [-0.05, 0) is 25.3 Å². The molecule has 0 aliphatic carbocycles. The number of amides is 2. The summed E-state index contributed by atoms with van der Waals surface area (Å²) in [6.07, 6.45) is 6.76. The molecule has 0 radical (unpaired) electrons. The fourth-order valence-electron chi connectivity index (χ4n) is 3.29. The van der Waals surface area contributed by atoms with Crippen LogP contribution < -0.4 is 0 Å². The maximum atomic E-state index is 12.3. The lowest BCUT2D eigenvalue weighted by molar-refractivity contribution is -0.134. The molecule has 1 aliphatic rings. The fourth-order valence-corrected chi connectivity index (χ4v) is 3.29. The van der Waals surface area contributed by atoms with E-state index in [9.17, 15) is 9.59 Å². The van der Waals surface area contributed by atoms with Crippen LogP contribution in [0, 0.1) is 0 Å². The van der Waals surface area contributed by atoms with Crippen LogP contribution in [-0.4, -0.2) is 56.9 Å². The average Bonchev–Trinajstić information content (AvgIpc) is 3.04. The lowest BCUT2D eigenvalue weighted by Crippen LogP contribution is -2.39. The van der Waals surface area contributed by atoms with Crippen molar-refractivity contribution in [1.82, 2.24) is 24.4 Å². The van der Waals surface area contributed by atoms with Crippen molar-refractivity contribution in [2.24, 2.45) is 0 Å². The Labute approximate surface area is 141 Å². The summed E-state index contributed by atoms with van der Waals surface area (Å²) in [6, 6.07) is 1.88. The van der Waals surface area contributed by atoms with Crippen LogP contribution in [0.15, 0.2) is 18.5 Å². The Kier molecular flexibility index (Phi) is 4.51. The highest BCUT2D eigenvalue weighted by Crippen LogP contribution is 2.31. The second-order valence-electron chi connectivity index (χ2n) is 6.32. The molecule has 128 valence electrons. The van der Waals surface area contributed by atoms with E-state index in [4.69, 9.17) is 0 Å². The smallest absolute Gasteiger partial charge is 0.258 e. The normalized spacial score (nSPS) is 18.0. The number of aromatic nitrogens is 3. The zero-order valence-corrected chi connectivity index (χ0v) is 14.4. The maximum absolute atomic E-state index is 12.3. The van der Waals surface area contributed by atoms with E-state index in [0.717, 1.165) is 31.5 Å². The lowest BCUT2D eigenvalue weighted by Gasteiger charge is -2.35. The number of piperidine rings is 1. The van der Waals surface area contributed by atoms with Crippen LogP contribution in [0.2, 0.25) is 0 Å². The summed E-state index contributed by atoms with van der Waals surface area (Å²) < 4.78 is 1.71. The minimum atomic E-state index is -0.125. The van der Waals surface area contributed by atoms with Crippen LogP contribution in [-0.2, 0) is 4.79 Å². The molecule has 1 saturated heterocycles. The maximum Gasteiger partial charge on any atom is 0.258 e. The van der Waals surface area contributed by atoms with Gasteiger partial charge in [0, 0.05) is 33.3 Å². The summed E-state index contributed by atoms with van der Waals surface area (Å²) in [6.45, 7) is 2.66. The Morgan fingerprint density at radius 1 is 1.33 bits per heavy atom. The van der Waals surface area contributed by atoms with E-state index in [-0.39, 0.29) is 17.9 Å². The third-order valence-electron chi connectivity index (χ3n) is 4.53. The van der Waals surface area contributed by atoms with Gasteiger partial charge in [-0.2, -0.15) is 5.10 Å². The van der Waals surface area contributed by atoms with Crippen molar-refractivity contribution in [2.75, 3.05) is 20.6 Å². The van der Waals surface area contributed by atoms with E-state index >= 15 is 0 Å². The van der Waals surface area contributed by atoms with Gasteiger partial charge in [0.2, 0.25) is 5.91 Å². The number of hydrogen-bond donors (Lipinski definition) is 0. The van der Waals surface area contributed by atoms with Crippen LogP contribution in [0.3, 0.4) is 0 Å². The molecular formula is C17H23N5O2.